The van der Waals surface area contributed by atoms with Gasteiger partial charge in [0.2, 0.25) is 5.95 Å². The van der Waals surface area contributed by atoms with Crippen LogP contribution in [0.1, 0.15) is 0 Å². The van der Waals surface area contributed by atoms with E-state index >= 15 is 0 Å². The Morgan fingerprint density at radius 3 is 2.59 bits per heavy atom. The SMILES string of the molecule is CNCCNc1ncc(-c2ccc(Cl)s2)cn1. The maximum Gasteiger partial charge on any atom is 0.222 e. The summed E-state index contributed by atoms with van der Waals surface area (Å²) in [7, 11) is 1.91. The molecule has 2 aromatic rings. The molecule has 0 saturated carbocycles. The maximum absolute atomic E-state index is 5.88. The molecule has 2 rings (SSSR count). The molecule has 0 aliphatic heterocycles. The van der Waals surface area contributed by atoms with Crippen LogP contribution in [0, 0.1) is 0 Å². The molecular weight excluding hydrogens is 256 g/mol. The summed E-state index contributed by atoms with van der Waals surface area (Å²) in [6, 6.07) is 3.85. The Bertz CT molecular complexity index is 469. The van der Waals surface area contributed by atoms with Crippen molar-refractivity contribution >= 4 is 28.9 Å². The van der Waals surface area contributed by atoms with Crippen LogP contribution in [-0.2, 0) is 0 Å². The minimum absolute atomic E-state index is 0.645. The fraction of sp³-hybridized carbons (Fsp3) is 0.273. The molecule has 0 atom stereocenters. The standard InChI is InChI=1S/C11H13ClN4S/c1-13-4-5-14-11-15-6-8(7-16-11)9-2-3-10(12)17-9/h2-3,6-7,13H,4-5H2,1H3,(H,14,15,16). The van der Waals surface area contributed by atoms with E-state index in [1.807, 2.05) is 19.2 Å². The molecule has 0 saturated heterocycles. The summed E-state index contributed by atoms with van der Waals surface area (Å²) in [5.41, 5.74) is 0.987. The van der Waals surface area contributed by atoms with Crippen molar-refractivity contribution in [2.24, 2.45) is 0 Å². The number of hydrogen-bond donors (Lipinski definition) is 2. The molecule has 0 aliphatic carbocycles. The molecular formula is C11H13ClN4S. The second-order valence-corrected chi connectivity index (χ2v) is 5.14. The van der Waals surface area contributed by atoms with Gasteiger partial charge in [0.05, 0.1) is 4.34 Å². The number of hydrogen-bond acceptors (Lipinski definition) is 5. The van der Waals surface area contributed by atoms with Crippen molar-refractivity contribution in [1.82, 2.24) is 15.3 Å². The smallest absolute Gasteiger partial charge is 0.222 e. The first-order valence-corrected chi connectivity index (χ1v) is 6.45. The summed E-state index contributed by atoms with van der Waals surface area (Å²) >= 11 is 7.41. The predicted molar refractivity (Wildman–Crippen MR) is 72.8 cm³/mol. The van der Waals surface area contributed by atoms with Gasteiger partial charge in [-0.1, -0.05) is 11.6 Å². The van der Waals surface area contributed by atoms with Gasteiger partial charge in [-0.05, 0) is 19.2 Å². The van der Waals surface area contributed by atoms with Gasteiger partial charge in [0.15, 0.2) is 0 Å². The summed E-state index contributed by atoms with van der Waals surface area (Å²) in [6.45, 7) is 1.69. The second kappa shape index (κ2) is 5.95. The van der Waals surface area contributed by atoms with Gasteiger partial charge in [-0.15, -0.1) is 11.3 Å². The third-order valence-corrected chi connectivity index (χ3v) is 3.45. The van der Waals surface area contributed by atoms with Crippen molar-refractivity contribution in [3.8, 4) is 10.4 Å². The first kappa shape index (κ1) is 12.3. The molecule has 0 amide bonds. The topological polar surface area (TPSA) is 49.8 Å². The zero-order chi connectivity index (χ0) is 12.1. The van der Waals surface area contributed by atoms with Crippen molar-refractivity contribution in [2.75, 3.05) is 25.5 Å². The Kier molecular flexibility index (Phi) is 4.30. The van der Waals surface area contributed by atoms with E-state index in [2.05, 4.69) is 20.6 Å². The van der Waals surface area contributed by atoms with Crippen molar-refractivity contribution in [1.29, 1.82) is 0 Å². The molecule has 0 bridgehead atoms. The Balaban J connectivity index is 2.02. The molecule has 0 spiro atoms. The number of likely N-dealkylation sites (N-methyl/N-ethyl adjacent to an activating group) is 1. The zero-order valence-corrected chi connectivity index (χ0v) is 11.0. The van der Waals surface area contributed by atoms with Crippen molar-refractivity contribution in [3.05, 3.63) is 28.9 Å². The van der Waals surface area contributed by atoms with Crippen molar-refractivity contribution in [2.45, 2.75) is 0 Å². The summed E-state index contributed by atoms with van der Waals surface area (Å²) in [6.07, 6.45) is 3.60. The predicted octanol–water partition coefficient (Wildman–Crippen LogP) is 2.49. The van der Waals surface area contributed by atoms with Gasteiger partial charge in [-0.2, -0.15) is 0 Å². The van der Waals surface area contributed by atoms with Crippen LogP contribution in [0.5, 0.6) is 0 Å². The van der Waals surface area contributed by atoms with E-state index in [4.69, 9.17) is 11.6 Å². The molecule has 0 aliphatic rings. The molecule has 6 heteroatoms. The quantitative estimate of drug-likeness (QED) is 0.818. The van der Waals surface area contributed by atoms with Crippen molar-refractivity contribution in [3.63, 3.8) is 0 Å². The molecule has 17 heavy (non-hydrogen) atoms. The second-order valence-electron chi connectivity index (χ2n) is 3.43. The highest BCUT2D eigenvalue weighted by Crippen LogP contribution is 2.30. The van der Waals surface area contributed by atoms with Crippen LogP contribution >= 0.6 is 22.9 Å². The number of thiophene rings is 1. The summed E-state index contributed by atoms with van der Waals surface area (Å²) in [4.78, 5) is 9.58. The monoisotopic (exact) mass is 268 g/mol. The van der Waals surface area contributed by atoms with E-state index in [9.17, 15) is 0 Å². The Labute approximate surface area is 109 Å². The van der Waals surface area contributed by atoms with Gasteiger partial charge in [0.25, 0.3) is 0 Å². The first-order valence-electron chi connectivity index (χ1n) is 5.26. The molecule has 0 unspecified atom stereocenters. The van der Waals surface area contributed by atoms with E-state index in [1.165, 1.54) is 11.3 Å². The first-order chi connectivity index (χ1) is 8.29. The van der Waals surface area contributed by atoms with Gasteiger partial charge in [-0.3, -0.25) is 0 Å². The summed E-state index contributed by atoms with van der Waals surface area (Å²) in [5.74, 6) is 0.645. The normalized spacial score (nSPS) is 10.5. The fourth-order valence-corrected chi connectivity index (χ4v) is 2.33. The molecule has 2 N–H and O–H groups in total. The summed E-state index contributed by atoms with van der Waals surface area (Å²) in [5, 5.41) is 6.17. The van der Waals surface area contributed by atoms with Gasteiger partial charge >= 0.3 is 0 Å². The minimum atomic E-state index is 0.645. The third-order valence-electron chi connectivity index (χ3n) is 2.17. The van der Waals surface area contributed by atoms with E-state index in [0.717, 1.165) is 27.9 Å². The van der Waals surface area contributed by atoms with Gasteiger partial charge in [0.1, 0.15) is 0 Å². The van der Waals surface area contributed by atoms with Crippen LogP contribution < -0.4 is 10.6 Å². The van der Waals surface area contributed by atoms with Gasteiger partial charge in [-0.25, -0.2) is 9.97 Å². The molecule has 0 radical (unpaired) electrons. The van der Waals surface area contributed by atoms with Crippen LogP contribution in [0.25, 0.3) is 10.4 Å². The molecule has 90 valence electrons. The summed E-state index contributed by atoms with van der Waals surface area (Å²) < 4.78 is 0.774. The highest BCUT2D eigenvalue weighted by molar-refractivity contribution is 7.19. The van der Waals surface area contributed by atoms with E-state index in [-0.39, 0.29) is 0 Å². The average molecular weight is 269 g/mol. The molecule has 2 aromatic heterocycles. The third kappa shape index (κ3) is 3.39. The largest absolute Gasteiger partial charge is 0.353 e. The number of nitrogens with zero attached hydrogens (tertiary/aromatic N) is 2. The average Bonchev–Trinajstić information content (AvgIpc) is 2.77. The molecule has 4 nitrogen and oxygen atoms in total. The van der Waals surface area contributed by atoms with Crippen LogP contribution in [0.15, 0.2) is 24.5 Å². The van der Waals surface area contributed by atoms with Crippen LogP contribution in [0.4, 0.5) is 5.95 Å². The highest BCUT2D eigenvalue weighted by Gasteiger charge is 2.03. The lowest BCUT2D eigenvalue weighted by atomic mass is 10.3. The minimum Gasteiger partial charge on any atom is -0.353 e. The lowest BCUT2D eigenvalue weighted by Gasteiger charge is -2.04. The highest BCUT2D eigenvalue weighted by atomic mass is 35.5. The number of nitrogens with one attached hydrogen (secondary N) is 2. The van der Waals surface area contributed by atoms with E-state index < -0.39 is 0 Å². The lowest BCUT2D eigenvalue weighted by Crippen LogP contribution is -2.18. The van der Waals surface area contributed by atoms with Crippen molar-refractivity contribution < 1.29 is 0 Å². The van der Waals surface area contributed by atoms with Crippen LogP contribution in [0.2, 0.25) is 4.34 Å². The number of aromatic nitrogens is 2. The maximum atomic E-state index is 5.88. The Morgan fingerprint density at radius 1 is 1.24 bits per heavy atom. The number of rotatable bonds is 5. The van der Waals surface area contributed by atoms with Gasteiger partial charge in [0, 0.05) is 35.9 Å². The number of anilines is 1. The number of halogens is 1. The Hall–Kier alpha value is -1.17. The lowest BCUT2D eigenvalue weighted by molar-refractivity contribution is 0.817. The fourth-order valence-electron chi connectivity index (χ4n) is 1.32. The van der Waals surface area contributed by atoms with E-state index in [1.54, 1.807) is 12.4 Å². The molecule has 2 heterocycles. The molecule has 0 fully saturated rings. The van der Waals surface area contributed by atoms with Crippen LogP contribution in [0.3, 0.4) is 0 Å². The van der Waals surface area contributed by atoms with Crippen LogP contribution in [-0.4, -0.2) is 30.1 Å². The Morgan fingerprint density at radius 2 is 2.00 bits per heavy atom. The van der Waals surface area contributed by atoms with E-state index in [0.29, 0.717) is 5.95 Å². The zero-order valence-electron chi connectivity index (χ0n) is 9.40. The van der Waals surface area contributed by atoms with Gasteiger partial charge < -0.3 is 10.6 Å². The molecule has 0 aromatic carbocycles.